The third-order valence-electron chi connectivity index (χ3n) is 3.19. The Balaban J connectivity index is 2.01. The van der Waals surface area contributed by atoms with Crippen LogP contribution in [0.15, 0.2) is 42.7 Å². The van der Waals surface area contributed by atoms with Crippen LogP contribution in [0.2, 0.25) is 0 Å². The standard InChI is InChI=1S/C15H22N4/c1-2-9-18(11-12-19-10-3-8-17-19)15-6-4-14(13-16)5-7-15/h3-8,10H,2,9,11-13,16H2,1H3. The zero-order valence-electron chi connectivity index (χ0n) is 11.5. The van der Waals surface area contributed by atoms with Crippen LogP contribution in [0.25, 0.3) is 0 Å². The normalized spacial score (nSPS) is 10.6. The molecule has 1 heterocycles. The number of hydrogen-bond donors (Lipinski definition) is 1. The van der Waals surface area contributed by atoms with E-state index in [-0.39, 0.29) is 0 Å². The molecule has 19 heavy (non-hydrogen) atoms. The molecular weight excluding hydrogens is 236 g/mol. The molecule has 0 spiro atoms. The van der Waals surface area contributed by atoms with Gasteiger partial charge in [0.05, 0.1) is 6.54 Å². The number of aromatic nitrogens is 2. The fourth-order valence-electron chi connectivity index (χ4n) is 2.14. The van der Waals surface area contributed by atoms with Gasteiger partial charge in [-0.2, -0.15) is 5.10 Å². The van der Waals surface area contributed by atoms with Crippen LogP contribution in [-0.4, -0.2) is 22.9 Å². The maximum atomic E-state index is 5.63. The highest BCUT2D eigenvalue weighted by Gasteiger charge is 2.05. The summed E-state index contributed by atoms with van der Waals surface area (Å²) in [5.41, 5.74) is 8.06. The summed E-state index contributed by atoms with van der Waals surface area (Å²) in [6.45, 7) is 5.74. The van der Waals surface area contributed by atoms with Crippen molar-refractivity contribution in [3.05, 3.63) is 48.3 Å². The first-order valence-corrected chi connectivity index (χ1v) is 6.85. The van der Waals surface area contributed by atoms with Gasteiger partial charge in [0.1, 0.15) is 0 Å². The highest BCUT2D eigenvalue weighted by Crippen LogP contribution is 2.15. The van der Waals surface area contributed by atoms with E-state index < -0.39 is 0 Å². The van der Waals surface area contributed by atoms with E-state index in [4.69, 9.17) is 5.73 Å². The lowest BCUT2D eigenvalue weighted by Crippen LogP contribution is -2.28. The Morgan fingerprint density at radius 1 is 1.21 bits per heavy atom. The molecule has 4 nitrogen and oxygen atoms in total. The minimum Gasteiger partial charge on any atom is -0.370 e. The monoisotopic (exact) mass is 258 g/mol. The molecule has 2 aromatic rings. The molecule has 0 atom stereocenters. The molecule has 0 aliphatic carbocycles. The van der Waals surface area contributed by atoms with Crippen molar-refractivity contribution >= 4 is 5.69 Å². The summed E-state index contributed by atoms with van der Waals surface area (Å²) in [5.74, 6) is 0. The summed E-state index contributed by atoms with van der Waals surface area (Å²) in [5, 5.41) is 4.24. The lowest BCUT2D eigenvalue weighted by Gasteiger charge is -2.24. The maximum Gasteiger partial charge on any atom is 0.0584 e. The van der Waals surface area contributed by atoms with E-state index in [0.29, 0.717) is 6.54 Å². The van der Waals surface area contributed by atoms with Crippen molar-refractivity contribution in [3.8, 4) is 0 Å². The molecule has 0 saturated carbocycles. The van der Waals surface area contributed by atoms with Gasteiger partial charge in [0.15, 0.2) is 0 Å². The summed E-state index contributed by atoms with van der Waals surface area (Å²) < 4.78 is 1.97. The number of anilines is 1. The van der Waals surface area contributed by atoms with Gasteiger partial charge in [0, 0.05) is 37.7 Å². The van der Waals surface area contributed by atoms with Crippen LogP contribution < -0.4 is 10.6 Å². The van der Waals surface area contributed by atoms with Crippen molar-refractivity contribution in [1.29, 1.82) is 0 Å². The molecular formula is C15H22N4. The molecule has 1 aromatic heterocycles. The third kappa shape index (κ3) is 3.83. The van der Waals surface area contributed by atoms with Crippen molar-refractivity contribution in [2.24, 2.45) is 5.73 Å². The van der Waals surface area contributed by atoms with Crippen LogP contribution in [0, 0.1) is 0 Å². The first kappa shape index (κ1) is 13.6. The Kier molecular flexibility index (Phi) is 4.98. The average molecular weight is 258 g/mol. The first-order valence-electron chi connectivity index (χ1n) is 6.85. The van der Waals surface area contributed by atoms with Gasteiger partial charge in [-0.25, -0.2) is 0 Å². The van der Waals surface area contributed by atoms with E-state index in [9.17, 15) is 0 Å². The summed E-state index contributed by atoms with van der Waals surface area (Å²) in [4.78, 5) is 2.39. The molecule has 0 fully saturated rings. The molecule has 1 aromatic carbocycles. The molecule has 4 heteroatoms. The van der Waals surface area contributed by atoms with Crippen molar-refractivity contribution in [2.75, 3.05) is 18.0 Å². The summed E-state index contributed by atoms with van der Waals surface area (Å²) in [6.07, 6.45) is 4.96. The largest absolute Gasteiger partial charge is 0.370 e. The molecule has 0 radical (unpaired) electrons. The van der Waals surface area contributed by atoms with Crippen LogP contribution in [0.4, 0.5) is 5.69 Å². The Labute approximate surface area is 114 Å². The van der Waals surface area contributed by atoms with Gasteiger partial charge < -0.3 is 10.6 Å². The fraction of sp³-hybridized carbons (Fsp3) is 0.400. The second-order valence-corrected chi connectivity index (χ2v) is 4.63. The Bertz CT molecular complexity index is 461. The quantitative estimate of drug-likeness (QED) is 0.828. The number of nitrogens with zero attached hydrogens (tertiary/aromatic N) is 3. The van der Waals surface area contributed by atoms with Gasteiger partial charge >= 0.3 is 0 Å². The van der Waals surface area contributed by atoms with Gasteiger partial charge in [-0.05, 0) is 30.2 Å². The Hall–Kier alpha value is -1.81. The Morgan fingerprint density at radius 3 is 2.58 bits per heavy atom. The zero-order valence-corrected chi connectivity index (χ0v) is 11.5. The molecule has 0 saturated heterocycles. The van der Waals surface area contributed by atoms with Gasteiger partial charge in [0.25, 0.3) is 0 Å². The molecule has 0 amide bonds. The maximum absolute atomic E-state index is 5.63. The van der Waals surface area contributed by atoms with Crippen LogP contribution in [-0.2, 0) is 13.1 Å². The summed E-state index contributed by atoms with van der Waals surface area (Å²) in [6, 6.07) is 10.5. The minimum atomic E-state index is 0.599. The third-order valence-corrected chi connectivity index (χ3v) is 3.19. The topological polar surface area (TPSA) is 47.1 Å². The molecule has 2 rings (SSSR count). The number of hydrogen-bond acceptors (Lipinski definition) is 3. The van der Waals surface area contributed by atoms with E-state index in [1.807, 2.05) is 23.1 Å². The van der Waals surface area contributed by atoms with Gasteiger partial charge in [-0.15, -0.1) is 0 Å². The Morgan fingerprint density at radius 2 is 2.00 bits per heavy atom. The SMILES string of the molecule is CCCN(CCn1cccn1)c1ccc(CN)cc1. The van der Waals surface area contributed by atoms with Crippen LogP contribution in [0.1, 0.15) is 18.9 Å². The van der Waals surface area contributed by atoms with E-state index in [0.717, 1.165) is 26.1 Å². The smallest absolute Gasteiger partial charge is 0.0584 e. The minimum absolute atomic E-state index is 0.599. The zero-order chi connectivity index (χ0) is 13.5. The van der Waals surface area contributed by atoms with E-state index >= 15 is 0 Å². The van der Waals surface area contributed by atoms with Crippen LogP contribution in [0.5, 0.6) is 0 Å². The molecule has 0 aliphatic rings. The summed E-state index contributed by atoms with van der Waals surface area (Å²) in [7, 11) is 0. The summed E-state index contributed by atoms with van der Waals surface area (Å²) >= 11 is 0. The van der Waals surface area contributed by atoms with Crippen molar-refractivity contribution in [1.82, 2.24) is 9.78 Å². The van der Waals surface area contributed by atoms with E-state index in [2.05, 4.69) is 41.2 Å². The number of rotatable bonds is 7. The molecule has 102 valence electrons. The molecule has 0 bridgehead atoms. The second kappa shape index (κ2) is 6.95. The number of benzene rings is 1. The van der Waals surface area contributed by atoms with Crippen LogP contribution >= 0.6 is 0 Å². The molecule has 2 N–H and O–H groups in total. The first-order chi connectivity index (χ1) is 9.33. The van der Waals surface area contributed by atoms with E-state index in [1.165, 1.54) is 11.3 Å². The van der Waals surface area contributed by atoms with E-state index in [1.54, 1.807) is 0 Å². The molecule has 0 unspecified atom stereocenters. The second-order valence-electron chi connectivity index (χ2n) is 4.63. The van der Waals surface area contributed by atoms with Crippen molar-refractivity contribution < 1.29 is 0 Å². The lowest BCUT2D eigenvalue weighted by atomic mass is 10.2. The van der Waals surface area contributed by atoms with Crippen molar-refractivity contribution in [2.45, 2.75) is 26.4 Å². The lowest BCUT2D eigenvalue weighted by molar-refractivity contribution is 0.593. The average Bonchev–Trinajstić information content (AvgIpc) is 2.97. The van der Waals surface area contributed by atoms with Crippen LogP contribution in [0.3, 0.4) is 0 Å². The highest BCUT2D eigenvalue weighted by atomic mass is 15.3. The number of nitrogens with two attached hydrogens (primary N) is 1. The van der Waals surface area contributed by atoms with Gasteiger partial charge in [-0.1, -0.05) is 19.1 Å². The van der Waals surface area contributed by atoms with Gasteiger partial charge in [-0.3, -0.25) is 4.68 Å². The predicted molar refractivity (Wildman–Crippen MR) is 79.1 cm³/mol. The van der Waals surface area contributed by atoms with Gasteiger partial charge in [0.2, 0.25) is 0 Å². The fourth-order valence-corrected chi connectivity index (χ4v) is 2.14. The van der Waals surface area contributed by atoms with Crippen molar-refractivity contribution in [3.63, 3.8) is 0 Å². The highest BCUT2D eigenvalue weighted by molar-refractivity contribution is 5.47. The predicted octanol–water partition coefficient (Wildman–Crippen LogP) is 2.26. The molecule has 0 aliphatic heterocycles.